The van der Waals surface area contributed by atoms with E-state index in [1.165, 1.54) is 13.2 Å². The molecule has 0 saturated carbocycles. The van der Waals surface area contributed by atoms with Gasteiger partial charge in [-0.2, -0.15) is 0 Å². The van der Waals surface area contributed by atoms with Gasteiger partial charge in [0.25, 0.3) is 0 Å². The van der Waals surface area contributed by atoms with E-state index in [-0.39, 0.29) is 16.7 Å². The third-order valence-corrected chi connectivity index (χ3v) is 5.44. The van der Waals surface area contributed by atoms with Gasteiger partial charge in [0.1, 0.15) is 10.6 Å². The number of hydrogen-bond acceptors (Lipinski definition) is 3. The van der Waals surface area contributed by atoms with E-state index in [4.69, 9.17) is 16.3 Å². The van der Waals surface area contributed by atoms with E-state index in [1.54, 1.807) is 12.1 Å². The zero-order valence-corrected chi connectivity index (χ0v) is 15.1. The molecule has 124 valence electrons. The molecule has 0 bridgehead atoms. The summed E-state index contributed by atoms with van der Waals surface area (Å²) in [5.74, 6) is 0.259. The number of benzene rings is 2. The van der Waals surface area contributed by atoms with Crippen molar-refractivity contribution >= 4 is 21.6 Å². The molecule has 2 aromatic carbocycles. The summed E-state index contributed by atoms with van der Waals surface area (Å²) in [5, 5.41) is 0.338. The number of ether oxygens (including phenoxy) is 1. The lowest BCUT2D eigenvalue weighted by Gasteiger charge is -2.18. The predicted octanol–water partition coefficient (Wildman–Crippen LogP) is 4.00. The van der Waals surface area contributed by atoms with E-state index >= 15 is 0 Å². The van der Waals surface area contributed by atoms with E-state index in [0.717, 1.165) is 16.7 Å². The summed E-state index contributed by atoms with van der Waals surface area (Å²) in [4.78, 5) is 0.0316. The molecule has 0 unspecified atom stereocenters. The van der Waals surface area contributed by atoms with Crippen LogP contribution in [0.4, 0.5) is 0 Å². The molecule has 0 radical (unpaired) electrons. The Balaban J connectivity index is 2.36. The third kappa shape index (κ3) is 4.05. The highest BCUT2D eigenvalue weighted by molar-refractivity contribution is 7.89. The Bertz CT molecular complexity index is 819. The van der Waals surface area contributed by atoms with Gasteiger partial charge >= 0.3 is 0 Å². The number of sulfonamides is 1. The van der Waals surface area contributed by atoms with Crippen molar-refractivity contribution in [3.05, 3.63) is 58.1 Å². The van der Waals surface area contributed by atoms with Gasteiger partial charge in [0, 0.05) is 11.1 Å². The van der Waals surface area contributed by atoms with Gasteiger partial charge in [-0.15, -0.1) is 0 Å². The first-order valence-electron chi connectivity index (χ1n) is 7.17. The van der Waals surface area contributed by atoms with E-state index in [9.17, 15) is 8.42 Å². The Morgan fingerprint density at radius 2 is 1.83 bits per heavy atom. The molecule has 4 nitrogen and oxygen atoms in total. The van der Waals surface area contributed by atoms with Crippen molar-refractivity contribution < 1.29 is 13.2 Å². The van der Waals surface area contributed by atoms with Crippen LogP contribution in [0.3, 0.4) is 0 Å². The van der Waals surface area contributed by atoms with Gasteiger partial charge in [-0.1, -0.05) is 35.4 Å². The topological polar surface area (TPSA) is 55.4 Å². The first-order chi connectivity index (χ1) is 10.7. The summed E-state index contributed by atoms with van der Waals surface area (Å²) in [6, 6.07) is 10.1. The van der Waals surface area contributed by atoms with Gasteiger partial charge in [0.15, 0.2) is 0 Å². The van der Waals surface area contributed by atoms with Crippen LogP contribution in [0.5, 0.6) is 5.75 Å². The molecule has 0 spiro atoms. The fourth-order valence-electron chi connectivity index (χ4n) is 2.53. The number of hydrogen-bond donors (Lipinski definition) is 1. The molecule has 0 amide bonds. The Kier molecular flexibility index (Phi) is 5.34. The fourth-order valence-corrected chi connectivity index (χ4v) is 4.19. The maximum Gasteiger partial charge on any atom is 0.244 e. The number of methoxy groups -OCH3 is 1. The van der Waals surface area contributed by atoms with Crippen LogP contribution in [0.15, 0.2) is 41.3 Å². The lowest BCUT2D eigenvalue weighted by Crippen LogP contribution is -2.27. The average molecular weight is 354 g/mol. The average Bonchev–Trinajstić information content (AvgIpc) is 2.46. The van der Waals surface area contributed by atoms with E-state index in [2.05, 4.69) is 4.72 Å². The second-order valence-electron chi connectivity index (χ2n) is 5.50. The minimum absolute atomic E-state index is 0.0316. The van der Waals surface area contributed by atoms with Crippen molar-refractivity contribution in [3.8, 4) is 5.75 Å². The van der Waals surface area contributed by atoms with Crippen LogP contribution in [0.1, 0.15) is 29.7 Å². The highest BCUT2D eigenvalue weighted by Gasteiger charge is 2.23. The van der Waals surface area contributed by atoms with Crippen molar-refractivity contribution in [1.82, 2.24) is 4.72 Å². The Morgan fingerprint density at radius 1 is 1.13 bits per heavy atom. The van der Waals surface area contributed by atoms with Gasteiger partial charge in [0.2, 0.25) is 10.0 Å². The molecule has 1 atom stereocenters. The molecule has 0 aromatic heterocycles. The molecule has 0 heterocycles. The summed E-state index contributed by atoms with van der Waals surface area (Å²) in [7, 11) is -2.33. The van der Waals surface area contributed by atoms with Crippen LogP contribution in [-0.4, -0.2) is 15.5 Å². The minimum atomic E-state index is -3.76. The molecule has 0 saturated heterocycles. The molecule has 23 heavy (non-hydrogen) atoms. The van der Waals surface area contributed by atoms with Crippen LogP contribution in [-0.2, 0) is 10.0 Å². The zero-order chi connectivity index (χ0) is 17.2. The van der Waals surface area contributed by atoms with Crippen molar-refractivity contribution in [2.45, 2.75) is 31.7 Å². The van der Waals surface area contributed by atoms with Gasteiger partial charge in [-0.25, -0.2) is 13.1 Å². The first-order valence-corrected chi connectivity index (χ1v) is 9.03. The molecular weight excluding hydrogens is 334 g/mol. The number of aryl methyl sites for hydroxylation is 2. The van der Waals surface area contributed by atoms with Crippen molar-refractivity contribution in [1.29, 1.82) is 0 Å². The summed E-state index contributed by atoms with van der Waals surface area (Å²) in [5.41, 5.74) is 3.11. The predicted molar refractivity (Wildman–Crippen MR) is 92.7 cm³/mol. The third-order valence-electron chi connectivity index (χ3n) is 3.64. The number of halogens is 1. The first kappa shape index (κ1) is 17.8. The molecule has 2 rings (SSSR count). The van der Waals surface area contributed by atoms with Crippen molar-refractivity contribution in [3.63, 3.8) is 0 Å². The monoisotopic (exact) mass is 353 g/mol. The molecule has 6 heteroatoms. The molecule has 2 aromatic rings. The maximum atomic E-state index is 12.7. The van der Waals surface area contributed by atoms with Gasteiger partial charge < -0.3 is 4.74 Å². The standard InChI is InChI=1S/C17H20ClNO3S/c1-11-5-7-15(12(2)9-11)13(3)19-23(20,21)17-10-14(18)6-8-16(17)22-4/h5-10,13,19H,1-4H3/t13-/m0/s1. The molecular formula is C17H20ClNO3S. The van der Waals surface area contributed by atoms with E-state index in [0.29, 0.717) is 5.02 Å². The van der Waals surface area contributed by atoms with Crippen LogP contribution in [0.2, 0.25) is 5.02 Å². The Hall–Kier alpha value is -1.56. The second-order valence-corrected chi connectivity index (χ2v) is 7.62. The van der Waals surface area contributed by atoms with Crippen LogP contribution >= 0.6 is 11.6 Å². The van der Waals surface area contributed by atoms with Crippen molar-refractivity contribution in [2.24, 2.45) is 0 Å². The van der Waals surface area contributed by atoms with Crippen molar-refractivity contribution in [2.75, 3.05) is 7.11 Å². The van der Waals surface area contributed by atoms with Gasteiger partial charge in [-0.3, -0.25) is 0 Å². The van der Waals surface area contributed by atoms with Crippen LogP contribution < -0.4 is 9.46 Å². The molecule has 0 aliphatic carbocycles. The molecule has 1 N–H and O–H groups in total. The Labute approximate surface area is 142 Å². The Morgan fingerprint density at radius 3 is 2.43 bits per heavy atom. The van der Waals surface area contributed by atoms with Crippen LogP contribution in [0.25, 0.3) is 0 Å². The number of nitrogens with one attached hydrogen (secondary N) is 1. The second kappa shape index (κ2) is 6.91. The summed E-state index contributed by atoms with van der Waals surface area (Å²) >= 11 is 5.93. The zero-order valence-electron chi connectivity index (χ0n) is 13.6. The van der Waals surface area contributed by atoms with Crippen LogP contribution in [0, 0.1) is 13.8 Å². The highest BCUT2D eigenvalue weighted by atomic mass is 35.5. The molecule has 0 aliphatic heterocycles. The molecule has 0 aliphatic rings. The van der Waals surface area contributed by atoms with E-state index < -0.39 is 10.0 Å². The van der Waals surface area contributed by atoms with Gasteiger partial charge in [-0.05, 0) is 50.1 Å². The normalized spacial score (nSPS) is 12.9. The highest BCUT2D eigenvalue weighted by Crippen LogP contribution is 2.29. The maximum absolute atomic E-state index is 12.7. The molecule has 0 fully saturated rings. The summed E-state index contributed by atoms with van der Waals surface area (Å²) in [6.07, 6.45) is 0. The summed E-state index contributed by atoms with van der Waals surface area (Å²) < 4.78 is 33.2. The lowest BCUT2D eigenvalue weighted by molar-refractivity contribution is 0.402. The lowest BCUT2D eigenvalue weighted by atomic mass is 10.0. The minimum Gasteiger partial charge on any atom is -0.495 e. The van der Waals surface area contributed by atoms with E-state index in [1.807, 2.05) is 39.0 Å². The quantitative estimate of drug-likeness (QED) is 0.883. The largest absolute Gasteiger partial charge is 0.495 e. The van der Waals surface area contributed by atoms with Gasteiger partial charge in [0.05, 0.1) is 7.11 Å². The number of rotatable bonds is 5. The smallest absolute Gasteiger partial charge is 0.244 e. The SMILES string of the molecule is COc1ccc(Cl)cc1S(=O)(=O)N[C@@H](C)c1ccc(C)cc1C. The fraction of sp³-hybridized carbons (Fsp3) is 0.294. The summed E-state index contributed by atoms with van der Waals surface area (Å²) in [6.45, 7) is 5.78.